The molecule has 0 aliphatic carbocycles. The van der Waals surface area contributed by atoms with Crippen molar-refractivity contribution >= 4 is 0 Å². The fraction of sp³-hybridized carbons (Fsp3) is 0.800. The second kappa shape index (κ2) is 20.9. The topological polar surface area (TPSA) is 0 Å². The zero-order valence-electron chi connectivity index (χ0n) is 21.2. The molecular weight excluding hydrogens is 360 g/mol. The molecule has 0 aromatic heterocycles. The lowest BCUT2D eigenvalue weighted by Gasteiger charge is -2.20. The normalized spacial score (nSPS) is 14.2. The molecule has 0 aromatic rings. The summed E-state index contributed by atoms with van der Waals surface area (Å²) in [5.41, 5.74) is 0. The summed E-state index contributed by atoms with van der Waals surface area (Å²) in [5.74, 6) is 22.9. The maximum absolute atomic E-state index is 3.62. The molecule has 0 amide bonds. The van der Waals surface area contributed by atoms with Crippen molar-refractivity contribution < 1.29 is 0 Å². The Bertz CT molecular complexity index is 564. The van der Waals surface area contributed by atoms with Crippen molar-refractivity contribution in [1.82, 2.24) is 0 Å². The van der Waals surface area contributed by atoms with E-state index in [1.165, 1.54) is 57.8 Å². The van der Waals surface area contributed by atoms with Gasteiger partial charge in [0.25, 0.3) is 0 Å². The van der Waals surface area contributed by atoms with Gasteiger partial charge in [-0.25, -0.2) is 0 Å². The molecule has 30 heavy (non-hydrogen) atoms. The van der Waals surface area contributed by atoms with Crippen LogP contribution in [0.5, 0.6) is 0 Å². The molecule has 0 bridgehead atoms. The zero-order chi connectivity index (χ0) is 22.5. The van der Waals surface area contributed by atoms with Crippen LogP contribution in [0, 0.1) is 59.2 Å². The van der Waals surface area contributed by atoms with Gasteiger partial charge in [0.05, 0.1) is 0 Å². The Kier molecular flexibility index (Phi) is 20.0. The van der Waals surface area contributed by atoms with Gasteiger partial charge < -0.3 is 0 Å². The van der Waals surface area contributed by atoms with Gasteiger partial charge in [0.2, 0.25) is 0 Å². The Morgan fingerprint density at radius 3 is 1.67 bits per heavy atom. The highest BCUT2D eigenvalue weighted by molar-refractivity contribution is 5.09. The zero-order valence-corrected chi connectivity index (χ0v) is 21.2. The highest BCUT2D eigenvalue weighted by Crippen LogP contribution is 2.24. The van der Waals surface area contributed by atoms with Crippen molar-refractivity contribution in [2.45, 2.75) is 131 Å². The monoisotopic (exact) mass is 410 g/mol. The Hall–Kier alpha value is -1.32. The van der Waals surface area contributed by atoms with E-state index >= 15 is 0 Å². The third kappa shape index (κ3) is 17.5. The van der Waals surface area contributed by atoms with Crippen LogP contribution in [0.2, 0.25) is 0 Å². The largest absolute Gasteiger partial charge is 0.103 e. The van der Waals surface area contributed by atoms with Crippen LogP contribution in [-0.4, -0.2) is 0 Å². The second-order valence-electron chi connectivity index (χ2n) is 9.18. The predicted molar refractivity (Wildman–Crippen MR) is 136 cm³/mol. The Balaban J connectivity index is 4.71. The minimum Gasteiger partial charge on any atom is -0.103 e. The van der Waals surface area contributed by atoms with E-state index in [2.05, 4.69) is 77.1 Å². The standard InChI is InChI=1S/C30H50/c1-7-10-13-15-17-23-28(5)26-29(6)30(24-18-16-14-11-8-2)25-20-19-22-27(4)21-12-9-3/h27-30H,7-16,20-21,25-26H2,1-6H3. The van der Waals surface area contributed by atoms with Crippen LogP contribution in [0.1, 0.15) is 131 Å². The van der Waals surface area contributed by atoms with Gasteiger partial charge in [-0.15, -0.1) is 29.6 Å². The summed E-state index contributed by atoms with van der Waals surface area (Å²) in [6.45, 7) is 13.7. The van der Waals surface area contributed by atoms with E-state index in [1.807, 2.05) is 0 Å². The Morgan fingerprint density at radius 2 is 1.07 bits per heavy atom. The van der Waals surface area contributed by atoms with Crippen LogP contribution in [0.3, 0.4) is 0 Å². The van der Waals surface area contributed by atoms with Gasteiger partial charge in [0.15, 0.2) is 0 Å². The third-order valence-corrected chi connectivity index (χ3v) is 5.78. The summed E-state index contributed by atoms with van der Waals surface area (Å²) >= 11 is 0. The Labute approximate surface area is 190 Å². The van der Waals surface area contributed by atoms with Gasteiger partial charge in [-0.3, -0.25) is 0 Å². The molecule has 0 fully saturated rings. The van der Waals surface area contributed by atoms with Gasteiger partial charge in [-0.05, 0) is 38.0 Å². The first-order valence-electron chi connectivity index (χ1n) is 13.0. The molecule has 0 saturated carbocycles. The van der Waals surface area contributed by atoms with E-state index in [0.29, 0.717) is 23.7 Å². The molecule has 0 radical (unpaired) electrons. The summed E-state index contributed by atoms with van der Waals surface area (Å²) < 4.78 is 0. The van der Waals surface area contributed by atoms with E-state index in [0.717, 1.165) is 32.1 Å². The molecule has 4 atom stereocenters. The van der Waals surface area contributed by atoms with Crippen LogP contribution in [-0.2, 0) is 0 Å². The molecule has 0 nitrogen and oxygen atoms in total. The van der Waals surface area contributed by atoms with Crippen molar-refractivity contribution in [1.29, 1.82) is 0 Å². The SMILES string of the molecule is CCCCCC#CC(C)CC(C)C(C#CCCCCC)CCC#CC(C)CCCC. The number of unbranched alkanes of at least 4 members (excludes halogenated alkanes) is 7. The number of hydrogen-bond acceptors (Lipinski definition) is 0. The molecule has 0 rings (SSSR count). The van der Waals surface area contributed by atoms with Crippen molar-refractivity contribution in [3.8, 4) is 35.5 Å². The van der Waals surface area contributed by atoms with Crippen LogP contribution in [0.15, 0.2) is 0 Å². The van der Waals surface area contributed by atoms with Crippen molar-refractivity contribution in [3.63, 3.8) is 0 Å². The van der Waals surface area contributed by atoms with Crippen LogP contribution >= 0.6 is 0 Å². The molecule has 0 aliphatic rings. The summed E-state index contributed by atoms with van der Waals surface area (Å²) in [6.07, 6.45) is 16.7. The summed E-state index contributed by atoms with van der Waals surface area (Å²) in [6, 6.07) is 0. The minimum atomic E-state index is 0.455. The quantitative estimate of drug-likeness (QED) is 0.198. The maximum atomic E-state index is 3.62. The van der Waals surface area contributed by atoms with E-state index in [-0.39, 0.29) is 0 Å². The van der Waals surface area contributed by atoms with E-state index < -0.39 is 0 Å². The lowest BCUT2D eigenvalue weighted by atomic mass is 9.84. The molecule has 0 heterocycles. The average molecular weight is 411 g/mol. The molecule has 4 unspecified atom stereocenters. The Morgan fingerprint density at radius 1 is 0.533 bits per heavy atom. The summed E-state index contributed by atoms with van der Waals surface area (Å²) in [5, 5.41) is 0. The third-order valence-electron chi connectivity index (χ3n) is 5.78. The molecule has 0 N–H and O–H groups in total. The van der Waals surface area contributed by atoms with Crippen molar-refractivity contribution in [2.75, 3.05) is 0 Å². The first-order valence-corrected chi connectivity index (χ1v) is 13.0. The van der Waals surface area contributed by atoms with Gasteiger partial charge in [0, 0.05) is 37.0 Å². The molecule has 0 spiro atoms. The molecule has 0 saturated heterocycles. The van der Waals surface area contributed by atoms with Crippen molar-refractivity contribution in [3.05, 3.63) is 0 Å². The summed E-state index contributed by atoms with van der Waals surface area (Å²) in [7, 11) is 0. The number of rotatable bonds is 14. The second-order valence-corrected chi connectivity index (χ2v) is 9.18. The molecule has 170 valence electrons. The molecule has 0 aliphatic heterocycles. The van der Waals surface area contributed by atoms with Crippen LogP contribution in [0.4, 0.5) is 0 Å². The van der Waals surface area contributed by atoms with Gasteiger partial charge in [-0.1, -0.05) is 86.0 Å². The van der Waals surface area contributed by atoms with Gasteiger partial charge in [-0.2, -0.15) is 0 Å². The minimum absolute atomic E-state index is 0.455. The van der Waals surface area contributed by atoms with Crippen LogP contribution < -0.4 is 0 Å². The van der Waals surface area contributed by atoms with Crippen LogP contribution in [0.25, 0.3) is 0 Å². The maximum Gasteiger partial charge on any atom is 0.0237 e. The molecule has 0 heteroatoms. The lowest BCUT2D eigenvalue weighted by Crippen LogP contribution is -2.13. The highest BCUT2D eigenvalue weighted by atomic mass is 14.2. The first-order chi connectivity index (χ1) is 14.5. The smallest absolute Gasteiger partial charge is 0.0237 e. The summed E-state index contributed by atoms with van der Waals surface area (Å²) in [4.78, 5) is 0. The first kappa shape index (κ1) is 28.7. The van der Waals surface area contributed by atoms with E-state index in [4.69, 9.17) is 0 Å². The fourth-order valence-electron chi connectivity index (χ4n) is 3.71. The highest BCUT2D eigenvalue weighted by Gasteiger charge is 2.16. The fourth-order valence-corrected chi connectivity index (χ4v) is 3.71. The van der Waals surface area contributed by atoms with E-state index in [1.54, 1.807) is 0 Å². The predicted octanol–water partition coefficient (Wildman–Crippen LogP) is 9.04. The van der Waals surface area contributed by atoms with Crippen molar-refractivity contribution in [2.24, 2.45) is 23.7 Å². The molecular formula is C30H50. The lowest BCUT2D eigenvalue weighted by molar-refractivity contribution is 0.366. The molecule has 0 aromatic carbocycles. The van der Waals surface area contributed by atoms with E-state index in [9.17, 15) is 0 Å². The van der Waals surface area contributed by atoms with Gasteiger partial charge in [0.1, 0.15) is 0 Å². The number of hydrogen-bond donors (Lipinski definition) is 0. The average Bonchev–Trinajstić information content (AvgIpc) is 2.73. The van der Waals surface area contributed by atoms with Gasteiger partial charge >= 0.3 is 0 Å².